The topological polar surface area (TPSA) is 75.2 Å². The third-order valence-corrected chi connectivity index (χ3v) is 4.46. The number of nitrogens with one attached hydrogen (secondary N) is 1. The average Bonchev–Trinajstić information content (AvgIpc) is 3.03. The lowest BCUT2D eigenvalue weighted by atomic mass is 10.1. The van der Waals surface area contributed by atoms with Crippen LogP contribution in [-0.2, 0) is 22.6 Å². The Morgan fingerprint density at radius 3 is 2.76 bits per heavy atom. The first-order valence-corrected chi connectivity index (χ1v) is 8.18. The summed E-state index contributed by atoms with van der Waals surface area (Å²) in [6.07, 6.45) is 1.17. The molecule has 1 N–H and O–H groups in total. The van der Waals surface area contributed by atoms with Gasteiger partial charge in [0.15, 0.2) is 0 Å². The van der Waals surface area contributed by atoms with Crippen LogP contribution in [0.15, 0.2) is 0 Å². The molecule has 116 valence electrons. The average molecular weight is 310 g/mol. The molecule has 0 aromatic carbocycles. The van der Waals surface area contributed by atoms with Gasteiger partial charge in [0.2, 0.25) is 11.8 Å². The van der Waals surface area contributed by atoms with E-state index in [4.69, 9.17) is 0 Å². The fourth-order valence-electron chi connectivity index (χ4n) is 2.37. The third-order valence-electron chi connectivity index (χ3n) is 3.40. The van der Waals surface area contributed by atoms with Crippen LogP contribution < -0.4 is 5.32 Å². The molecular formula is C14H22N4O2S. The number of hydrogen-bond donors (Lipinski definition) is 1. The van der Waals surface area contributed by atoms with Crippen LogP contribution in [0.1, 0.15) is 37.2 Å². The Bertz CT molecular complexity index is 515. The Morgan fingerprint density at radius 2 is 2.14 bits per heavy atom. The molecule has 0 saturated carbocycles. The number of carbonyl (C=O) groups excluding carboxylic acids is 2. The van der Waals surface area contributed by atoms with Crippen molar-refractivity contribution in [1.82, 2.24) is 20.4 Å². The SMILES string of the molecule is CCc1nnc(CNC(=O)C2CC(=O)N(CC(C)C)C2)s1. The lowest BCUT2D eigenvalue weighted by molar-refractivity contribution is -0.129. The van der Waals surface area contributed by atoms with Crippen LogP contribution in [-0.4, -0.2) is 40.0 Å². The number of nitrogens with zero attached hydrogens (tertiary/aromatic N) is 3. The van der Waals surface area contributed by atoms with E-state index in [0.717, 1.165) is 23.0 Å². The minimum Gasteiger partial charge on any atom is -0.349 e. The molecule has 1 fully saturated rings. The van der Waals surface area contributed by atoms with E-state index in [2.05, 4.69) is 29.4 Å². The van der Waals surface area contributed by atoms with E-state index >= 15 is 0 Å². The molecule has 0 radical (unpaired) electrons. The van der Waals surface area contributed by atoms with Gasteiger partial charge in [0.05, 0.1) is 12.5 Å². The molecule has 0 bridgehead atoms. The van der Waals surface area contributed by atoms with E-state index in [1.54, 1.807) is 4.90 Å². The molecule has 6 nitrogen and oxygen atoms in total. The largest absolute Gasteiger partial charge is 0.349 e. The summed E-state index contributed by atoms with van der Waals surface area (Å²) in [6.45, 7) is 7.81. The number of rotatable bonds is 6. The van der Waals surface area contributed by atoms with Crippen LogP contribution in [0.2, 0.25) is 0 Å². The van der Waals surface area contributed by atoms with Crippen LogP contribution in [0.5, 0.6) is 0 Å². The first-order chi connectivity index (χ1) is 9.99. The summed E-state index contributed by atoms with van der Waals surface area (Å²) in [7, 11) is 0. The highest BCUT2D eigenvalue weighted by Gasteiger charge is 2.34. The van der Waals surface area contributed by atoms with E-state index in [1.807, 2.05) is 6.92 Å². The lowest BCUT2D eigenvalue weighted by Gasteiger charge is -2.18. The molecule has 1 aliphatic rings. The first-order valence-electron chi connectivity index (χ1n) is 7.36. The van der Waals surface area contributed by atoms with Gasteiger partial charge in [-0.1, -0.05) is 32.1 Å². The maximum Gasteiger partial charge on any atom is 0.225 e. The van der Waals surface area contributed by atoms with Crippen LogP contribution >= 0.6 is 11.3 Å². The molecule has 2 amide bonds. The molecule has 1 aromatic heterocycles. The van der Waals surface area contributed by atoms with Crippen LogP contribution in [0.3, 0.4) is 0 Å². The van der Waals surface area contributed by atoms with Crippen molar-refractivity contribution in [3.8, 4) is 0 Å². The molecule has 7 heteroatoms. The highest BCUT2D eigenvalue weighted by Crippen LogP contribution is 2.19. The Morgan fingerprint density at radius 1 is 1.43 bits per heavy atom. The standard InChI is InChI=1S/C14H22N4O2S/c1-4-11-16-17-12(21-11)6-15-14(20)10-5-13(19)18(8-10)7-9(2)3/h9-10H,4-8H2,1-3H3,(H,15,20). The first kappa shape index (κ1) is 15.9. The van der Waals surface area contributed by atoms with E-state index in [0.29, 0.717) is 25.4 Å². The van der Waals surface area contributed by atoms with E-state index in [9.17, 15) is 9.59 Å². The van der Waals surface area contributed by atoms with E-state index in [-0.39, 0.29) is 17.7 Å². The van der Waals surface area contributed by atoms with Crippen LogP contribution in [0, 0.1) is 11.8 Å². The smallest absolute Gasteiger partial charge is 0.225 e. The highest BCUT2D eigenvalue weighted by atomic mass is 32.1. The molecule has 0 aliphatic carbocycles. The summed E-state index contributed by atoms with van der Waals surface area (Å²) < 4.78 is 0. The van der Waals surface area contributed by atoms with Gasteiger partial charge in [0.1, 0.15) is 10.0 Å². The minimum atomic E-state index is -0.241. The van der Waals surface area contributed by atoms with Gasteiger partial charge in [0, 0.05) is 19.5 Å². The zero-order valence-corrected chi connectivity index (χ0v) is 13.6. The molecule has 2 rings (SSSR count). The van der Waals surface area contributed by atoms with Crippen molar-refractivity contribution < 1.29 is 9.59 Å². The Labute approximate surface area is 128 Å². The van der Waals surface area contributed by atoms with Crippen molar-refractivity contribution >= 4 is 23.2 Å². The Hall–Kier alpha value is -1.50. The zero-order valence-electron chi connectivity index (χ0n) is 12.8. The normalized spacial score (nSPS) is 18.6. The third kappa shape index (κ3) is 4.23. The fraction of sp³-hybridized carbons (Fsp3) is 0.714. The predicted molar refractivity (Wildman–Crippen MR) is 80.7 cm³/mol. The molecule has 1 atom stereocenters. The van der Waals surface area contributed by atoms with Gasteiger partial charge in [-0.2, -0.15) is 0 Å². The molecular weight excluding hydrogens is 288 g/mol. The number of hydrogen-bond acceptors (Lipinski definition) is 5. The Balaban J connectivity index is 1.82. The summed E-state index contributed by atoms with van der Waals surface area (Å²) >= 11 is 1.51. The molecule has 1 saturated heterocycles. The summed E-state index contributed by atoms with van der Waals surface area (Å²) in [4.78, 5) is 25.8. The van der Waals surface area contributed by atoms with Crippen LogP contribution in [0.25, 0.3) is 0 Å². The number of aromatic nitrogens is 2. The van der Waals surface area contributed by atoms with Gasteiger partial charge in [-0.3, -0.25) is 9.59 Å². The van der Waals surface area contributed by atoms with E-state index < -0.39 is 0 Å². The minimum absolute atomic E-state index is 0.0668. The summed E-state index contributed by atoms with van der Waals surface area (Å²) in [5, 5.41) is 12.7. The van der Waals surface area contributed by atoms with Gasteiger partial charge in [-0.15, -0.1) is 10.2 Å². The number of amides is 2. The quantitative estimate of drug-likeness (QED) is 0.857. The van der Waals surface area contributed by atoms with Gasteiger partial charge < -0.3 is 10.2 Å². The molecule has 0 spiro atoms. The van der Waals surface area contributed by atoms with E-state index in [1.165, 1.54) is 11.3 Å². The molecule has 21 heavy (non-hydrogen) atoms. The molecule has 1 aromatic rings. The predicted octanol–water partition coefficient (Wildman–Crippen LogP) is 1.22. The fourth-order valence-corrected chi connectivity index (χ4v) is 3.10. The van der Waals surface area contributed by atoms with Gasteiger partial charge in [0.25, 0.3) is 0 Å². The maximum absolute atomic E-state index is 12.1. The van der Waals surface area contributed by atoms with Crippen molar-refractivity contribution in [3.63, 3.8) is 0 Å². The summed E-state index contributed by atoms with van der Waals surface area (Å²) in [5.74, 6) is 0.190. The Kier molecular flexibility index (Phi) is 5.27. The summed E-state index contributed by atoms with van der Waals surface area (Å²) in [6, 6.07) is 0. The van der Waals surface area contributed by atoms with Crippen molar-refractivity contribution in [2.45, 2.75) is 40.2 Å². The van der Waals surface area contributed by atoms with Crippen molar-refractivity contribution in [2.24, 2.45) is 11.8 Å². The van der Waals surface area contributed by atoms with Crippen molar-refractivity contribution in [2.75, 3.05) is 13.1 Å². The second-order valence-electron chi connectivity index (χ2n) is 5.75. The van der Waals surface area contributed by atoms with Gasteiger partial charge in [-0.25, -0.2) is 0 Å². The second kappa shape index (κ2) is 6.98. The number of aryl methyl sites for hydroxylation is 1. The second-order valence-corrected chi connectivity index (χ2v) is 6.90. The maximum atomic E-state index is 12.1. The molecule has 1 aliphatic heterocycles. The van der Waals surface area contributed by atoms with Crippen molar-refractivity contribution in [3.05, 3.63) is 10.0 Å². The number of carbonyl (C=O) groups is 2. The summed E-state index contributed by atoms with van der Waals surface area (Å²) in [5.41, 5.74) is 0. The highest BCUT2D eigenvalue weighted by molar-refractivity contribution is 7.11. The lowest BCUT2D eigenvalue weighted by Crippen LogP contribution is -2.33. The van der Waals surface area contributed by atoms with Crippen molar-refractivity contribution in [1.29, 1.82) is 0 Å². The monoisotopic (exact) mass is 310 g/mol. The molecule has 2 heterocycles. The number of likely N-dealkylation sites (tertiary alicyclic amines) is 1. The van der Waals surface area contributed by atoms with Gasteiger partial charge in [-0.05, 0) is 12.3 Å². The van der Waals surface area contributed by atoms with Gasteiger partial charge >= 0.3 is 0 Å². The van der Waals surface area contributed by atoms with Crippen LogP contribution in [0.4, 0.5) is 0 Å². The molecule has 1 unspecified atom stereocenters. The zero-order chi connectivity index (χ0) is 15.4.